The average molecular weight is 187 g/mol. The van der Waals surface area contributed by atoms with Crippen LogP contribution in [0.2, 0.25) is 0 Å². The zero-order chi connectivity index (χ0) is 0. The molecule has 5 nitrogen and oxygen atoms in total. The molecular formula is AlCrO5Si. The predicted octanol–water partition coefficient (Wildman–Crippen LogP) is -1.36. The summed E-state index contributed by atoms with van der Waals surface area (Å²) in [7, 11) is 0. The van der Waals surface area contributed by atoms with Crippen LogP contribution in [-0.4, -0.2) is 28.3 Å². The zero-order valence-electron chi connectivity index (χ0n) is 3.53. The molecule has 1 radical (unpaired) electrons. The number of hydrogen-bond donors (Lipinski definition) is 0. The minimum absolute atomic E-state index is 0. The van der Waals surface area contributed by atoms with Gasteiger partial charge in [-0.15, -0.1) is 0 Å². The van der Waals surface area contributed by atoms with E-state index in [2.05, 4.69) is 0 Å². The van der Waals surface area contributed by atoms with Gasteiger partial charge in [0.25, 0.3) is 0 Å². The fourth-order valence-electron chi connectivity index (χ4n) is 0. The molecule has 0 aromatic carbocycles. The van der Waals surface area contributed by atoms with Gasteiger partial charge in [-0.2, -0.15) is 0 Å². The Morgan fingerprint density at radius 1 is 0.500 bits per heavy atom. The molecule has 0 spiro atoms. The van der Waals surface area contributed by atoms with Gasteiger partial charge in [-0.3, -0.25) is 0 Å². The molecule has 0 atom stereocenters. The van der Waals surface area contributed by atoms with Crippen LogP contribution in [0.5, 0.6) is 0 Å². The molecule has 0 saturated heterocycles. The molecule has 0 aromatic heterocycles. The second-order valence-electron chi connectivity index (χ2n) is 0. The van der Waals surface area contributed by atoms with Gasteiger partial charge in [0, 0.05) is 0 Å². The molecule has 0 aromatic rings. The summed E-state index contributed by atoms with van der Waals surface area (Å²) in [6.07, 6.45) is 0. The average Bonchev–Trinajstić information content (AvgIpc) is 0. The van der Waals surface area contributed by atoms with Crippen molar-refractivity contribution in [1.29, 1.82) is 0 Å². The molecule has 43 valence electrons. The van der Waals surface area contributed by atoms with E-state index in [0.717, 1.165) is 0 Å². The van der Waals surface area contributed by atoms with Gasteiger partial charge in [-0.05, 0) is 0 Å². The first kappa shape index (κ1) is 507. The molecule has 8 heteroatoms. The topological polar surface area (TPSA) is 142 Å². The Kier molecular flexibility index (Phi) is 21900. The molecule has 0 amide bonds. The van der Waals surface area contributed by atoms with Gasteiger partial charge in [0.05, 0.1) is 0 Å². The minimum Gasteiger partial charge on any atom is -2.00 e. The standard InChI is InChI=1S/Al.Cr.5O.Si/q2*+3;5*-2;+4. The molecular weight excluding hydrogens is 187 g/mol. The Balaban J connectivity index is 0. The van der Waals surface area contributed by atoms with E-state index in [4.69, 9.17) is 0 Å². The van der Waals surface area contributed by atoms with Crippen molar-refractivity contribution >= 4 is 28.3 Å². The summed E-state index contributed by atoms with van der Waals surface area (Å²) in [4.78, 5) is 0. The molecule has 0 saturated carbocycles. The molecule has 8 heavy (non-hydrogen) atoms. The third-order valence-electron chi connectivity index (χ3n) is 0. The molecule has 0 aliphatic rings. The molecule has 0 bridgehead atoms. The van der Waals surface area contributed by atoms with Crippen LogP contribution >= 0.6 is 0 Å². The van der Waals surface area contributed by atoms with Crippen LogP contribution in [0.4, 0.5) is 0 Å². The molecule has 0 rings (SSSR count). The van der Waals surface area contributed by atoms with Gasteiger partial charge in [0.15, 0.2) is 0 Å². The van der Waals surface area contributed by atoms with Gasteiger partial charge >= 0.3 is 45.7 Å². The maximum absolute atomic E-state index is 0. The third-order valence-corrected chi connectivity index (χ3v) is 0. The van der Waals surface area contributed by atoms with Gasteiger partial charge < -0.3 is 27.4 Å². The zero-order valence-corrected chi connectivity index (χ0v) is 6.96. The van der Waals surface area contributed by atoms with Crippen molar-refractivity contribution < 1.29 is 44.7 Å². The smallest absolute Gasteiger partial charge is 2.00 e. The van der Waals surface area contributed by atoms with Gasteiger partial charge in [0.2, 0.25) is 0 Å². The van der Waals surface area contributed by atoms with Crippen molar-refractivity contribution in [1.82, 2.24) is 0 Å². The number of hydrogen-bond acceptors (Lipinski definition) is 0. The fraction of sp³-hybridized carbons (Fsp3) is 0. The van der Waals surface area contributed by atoms with Gasteiger partial charge in [-0.1, -0.05) is 0 Å². The molecule has 0 unspecified atom stereocenters. The van der Waals surface area contributed by atoms with Crippen LogP contribution in [-0.2, 0) is 44.7 Å². The van der Waals surface area contributed by atoms with E-state index in [1.54, 1.807) is 0 Å². The first-order chi connectivity index (χ1) is 0. The Hall–Kier alpha value is 1.08. The van der Waals surface area contributed by atoms with Gasteiger partial charge in [-0.25, -0.2) is 0 Å². The molecule has 0 aliphatic carbocycles. The quantitative estimate of drug-likeness (QED) is 0.413. The maximum atomic E-state index is 0. The Morgan fingerprint density at radius 2 is 0.500 bits per heavy atom. The van der Waals surface area contributed by atoms with E-state index in [-0.39, 0.29) is 73.1 Å². The maximum Gasteiger partial charge on any atom is 4.00 e. The van der Waals surface area contributed by atoms with Crippen LogP contribution in [0.1, 0.15) is 0 Å². The normalized spacial score (nSPS) is 0. The number of rotatable bonds is 0. The predicted molar refractivity (Wildman–Crippen MR) is 14.9 cm³/mol. The van der Waals surface area contributed by atoms with Crippen LogP contribution in [0.25, 0.3) is 0 Å². The molecule has 0 heterocycles. The van der Waals surface area contributed by atoms with E-state index < -0.39 is 0 Å². The van der Waals surface area contributed by atoms with Crippen LogP contribution < -0.4 is 0 Å². The summed E-state index contributed by atoms with van der Waals surface area (Å²) in [5.41, 5.74) is 0. The SMILES string of the molecule is [Al+3].[Cr+3].[O-2].[O-2].[O-2].[O-2].[O-2].[Si+4]. The summed E-state index contributed by atoms with van der Waals surface area (Å²) < 4.78 is 0. The van der Waals surface area contributed by atoms with Crippen LogP contribution in [0.3, 0.4) is 0 Å². The Labute approximate surface area is 73.3 Å². The Bertz CT molecular complexity index is 12.4. The summed E-state index contributed by atoms with van der Waals surface area (Å²) in [6, 6.07) is 0. The van der Waals surface area contributed by atoms with Crippen LogP contribution in [0, 0.1) is 0 Å². The summed E-state index contributed by atoms with van der Waals surface area (Å²) in [5, 5.41) is 0. The minimum atomic E-state index is 0. The van der Waals surface area contributed by atoms with E-state index in [0.29, 0.717) is 0 Å². The second kappa shape index (κ2) is 346. The van der Waals surface area contributed by atoms with E-state index >= 15 is 0 Å². The Morgan fingerprint density at radius 3 is 0.500 bits per heavy atom. The van der Waals surface area contributed by atoms with E-state index in [9.17, 15) is 0 Å². The fourth-order valence-corrected chi connectivity index (χ4v) is 0. The van der Waals surface area contributed by atoms with E-state index in [1.165, 1.54) is 0 Å². The van der Waals surface area contributed by atoms with Crippen molar-refractivity contribution in [2.45, 2.75) is 0 Å². The molecule has 0 aliphatic heterocycles. The van der Waals surface area contributed by atoms with Crippen molar-refractivity contribution in [3.8, 4) is 0 Å². The first-order valence-corrected chi connectivity index (χ1v) is 0. The van der Waals surface area contributed by atoms with Crippen molar-refractivity contribution in [3.63, 3.8) is 0 Å². The third kappa shape index (κ3) is 224. The van der Waals surface area contributed by atoms with Crippen LogP contribution in [0.15, 0.2) is 0 Å². The monoisotopic (exact) mass is 187 g/mol. The summed E-state index contributed by atoms with van der Waals surface area (Å²) in [6.45, 7) is 0. The van der Waals surface area contributed by atoms with Crippen molar-refractivity contribution in [2.75, 3.05) is 0 Å². The van der Waals surface area contributed by atoms with E-state index in [1.807, 2.05) is 0 Å². The summed E-state index contributed by atoms with van der Waals surface area (Å²) in [5.74, 6) is 0. The molecule has 0 fully saturated rings. The van der Waals surface area contributed by atoms with Gasteiger partial charge in [0.1, 0.15) is 0 Å². The molecule has 0 N–H and O–H groups in total. The van der Waals surface area contributed by atoms with Crippen molar-refractivity contribution in [3.05, 3.63) is 0 Å². The summed E-state index contributed by atoms with van der Waals surface area (Å²) >= 11 is 0. The van der Waals surface area contributed by atoms with Crippen molar-refractivity contribution in [2.24, 2.45) is 0 Å². The second-order valence-corrected chi connectivity index (χ2v) is 0. The first-order valence-electron chi connectivity index (χ1n) is 0. The largest absolute Gasteiger partial charge is 4.00 e.